The number of amides is 2. The lowest BCUT2D eigenvalue weighted by Crippen LogP contribution is -2.34. The summed E-state index contributed by atoms with van der Waals surface area (Å²) in [5.74, 6) is 1.47. The van der Waals surface area contributed by atoms with E-state index in [4.69, 9.17) is 18.9 Å². The number of imide groups is 1. The first-order valence-corrected chi connectivity index (χ1v) is 9.68. The van der Waals surface area contributed by atoms with E-state index in [2.05, 4.69) is 5.32 Å². The van der Waals surface area contributed by atoms with E-state index in [1.807, 2.05) is 6.92 Å². The summed E-state index contributed by atoms with van der Waals surface area (Å²) < 4.78 is 21.6. The Kier molecular flexibility index (Phi) is 6.66. The molecule has 0 aliphatic carbocycles. The van der Waals surface area contributed by atoms with Gasteiger partial charge in [-0.15, -0.1) is 0 Å². The molecule has 0 saturated carbocycles. The first-order valence-electron chi connectivity index (χ1n) is 9.68. The van der Waals surface area contributed by atoms with E-state index >= 15 is 0 Å². The summed E-state index contributed by atoms with van der Waals surface area (Å²) >= 11 is 0. The molecule has 0 unspecified atom stereocenters. The Morgan fingerprint density at radius 2 is 1.63 bits per heavy atom. The van der Waals surface area contributed by atoms with Crippen molar-refractivity contribution in [1.29, 1.82) is 0 Å². The van der Waals surface area contributed by atoms with Gasteiger partial charge in [0.05, 0.1) is 40.0 Å². The molecule has 1 atom stereocenters. The zero-order chi connectivity index (χ0) is 21.7. The third kappa shape index (κ3) is 4.27. The third-order valence-electron chi connectivity index (χ3n) is 4.72. The van der Waals surface area contributed by atoms with Crippen LogP contribution in [0.1, 0.15) is 19.8 Å². The van der Waals surface area contributed by atoms with E-state index in [1.54, 1.807) is 36.4 Å². The number of ether oxygens (including phenoxy) is 4. The maximum atomic E-state index is 12.9. The monoisotopic (exact) mass is 414 g/mol. The lowest BCUT2D eigenvalue weighted by atomic mass is 10.2. The number of benzene rings is 2. The fourth-order valence-corrected chi connectivity index (χ4v) is 3.29. The van der Waals surface area contributed by atoms with Crippen molar-refractivity contribution in [2.45, 2.75) is 25.8 Å². The molecule has 0 spiro atoms. The molecule has 3 rings (SSSR count). The number of anilines is 2. The molecule has 2 aromatic rings. The van der Waals surface area contributed by atoms with Crippen molar-refractivity contribution in [2.24, 2.45) is 0 Å². The van der Waals surface area contributed by atoms with Crippen molar-refractivity contribution in [3.8, 4) is 23.0 Å². The second-order valence-corrected chi connectivity index (χ2v) is 6.72. The summed E-state index contributed by atoms with van der Waals surface area (Å²) in [7, 11) is 4.55. The van der Waals surface area contributed by atoms with E-state index < -0.39 is 6.04 Å². The van der Waals surface area contributed by atoms with Crippen LogP contribution < -0.4 is 29.2 Å². The van der Waals surface area contributed by atoms with Gasteiger partial charge in [0.25, 0.3) is 5.91 Å². The largest absolute Gasteiger partial charge is 0.494 e. The highest BCUT2D eigenvalue weighted by molar-refractivity contribution is 6.23. The van der Waals surface area contributed by atoms with Crippen LogP contribution in [0.3, 0.4) is 0 Å². The molecule has 8 heteroatoms. The Labute approximate surface area is 175 Å². The Balaban J connectivity index is 1.78. The van der Waals surface area contributed by atoms with E-state index in [0.29, 0.717) is 41.0 Å². The van der Waals surface area contributed by atoms with Gasteiger partial charge in [0.2, 0.25) is 11.7 Å². The molecule has 1 fully saturated rings. The number of rotatable bonds is 9. The van der Waals surface area contributed by atoms with Crippen LogP contribution in [0.15, 0.2) is 36.4 Å². The van der Waals surface area contributed by atoms with Gasteiger partial charge in [0.1, 0.15) is 11.8 Å². The minimum Gasteiger partial charge on any atom is -0.494 e. The maximum Gasteiger partial charge on any atom is 0.256 e. The van der Waals surface area contributed by atoms with Crippen molar-refractivity contribution < 1.29 is 28.5 Å². The number of carbonyl (C=O) groups excluding carboxylic acids is 2. The molecule has 0 bridgehead atoms. The molecule has 1 N–H and O–H groups in total. The summed E-state index contributed by atoms with van der Waals surface area (Å²) in [6, 6.07) is 9.63. The molecule has 2 aromatic carbocycles. The molecule has 1 saturated heterocycles. The van der Waals surface area contributed by atoms with Crippen molar-refractivity contribution in [2.75, 3.05) is 38.2 Å². The summed E-state index contributed by atoms with van der Waals surface area (Å²) in [4.78, 5) is 26.7. The summed E-state index contributed by atoms with van der Waals surface area (Å²) in [5.41, 5.74) is 1.10. The van der Waals surface area contributed by atoms with Gasteiger partial charge in [0.15, 0.2) is 11.5 Å². The van der Waals surface area contributed by atoms with Gasteiger partial charge in [-0.2, -0.15) is 0 Å². The zero-order valence-corrected chi connectivity index (χ0v) is 17.6. The molecular weight excluding hydrogens is 388 g/mol. The highest BCUT2D eigenvalue weighted by atomic mass is 16.5. The van der Waals surface area contributed by atoms with Crippen LogP contribution in [-0.2, 0) is 9.59 Å². The number of nitrogens with zero attached hydrogens (tertiary/aromatic N) is 1. The Morgan fingerprint density at radius 3 is 2.17 bits per heavy atom. The predicted octanol–water partition coefficient (Wildman–Crippen LogP) is 3.25. The van der Waals surface area contributed by atoms with E-state index in [-0.39, 0.29) is 18.2 Å². The molecule has 2 amide bonds. The predicted molar refractivity (Wildman–Crippen MR) is 113 cm³/mol. The fourth-order valence-electron chi connectivity index (χ4n) is 3.29. The topological polar surface area (TPSA) is 86.3 Å². The second-order valence-electron chi connectivity index (χ2n) is 6.72. The Morgan fingerprint density at radius 1 is 1.00 bits per heavy atom. The van der Waals surface area contributed by atoms with E-state index in [1.165, 1.54) is 26.2 Å². The third-order valence-corrected chi connectivity index (χ3v) is 4.72. The SMILES string of the molecule is CCCOc1ccc(N2C(=O)C[C@H](Nc3cc(OC)c(OC)c(OC)c3)C2=O)cc1. The zero-order valence-electron chi connectivity index (χ0n) is 17.6. The molecule has 8 nitrogen and oxygen atoms in total. The Hall–Kier alpha value is -3.42. The van der Waals surface area contributed by atoms with Gasteiger partial charge in [-0.3, -0.25) is 9.59 Å². The first kappa shape index (κ1) is 21.3. The van der Waals surface area contributed by atoms with Crippen LogP contribution in [0.25, 0.3) is 0 Å². The first-order chi connectivity index (χ1) is 14.5. The molecule has 1 aliphatic heterocycles. The summed E-state index contributed by atoms with van der Waals surface area (Å²) in [5, 5.41) is 3.11. The number of carbonyl (C=O) groups is 2. The van der Waals surface area contributed by atoms with Crippen molar-refractivity contribution in [3.63, 3.8) is 0 Å². The molecule has 160 valence electrons. The quantitative estimate of drug-likeness (QED) is 0.631. The summed E-state index contributed by atoms with van der Waals surface area (Å²) in [6.07, 6.45) is 0.947. The van der Waals surface area contributed by atoms with Crippen LogP contribution in [0, 0.1) is 0 Å². The lowest BCUT2D eigenvalue weighted by Gasteiger charge is -2.18. The lowest BCUT2D eigenvalue weighted by molar-refractivity contribution is -0.121. The van der Waals surface area contributed by atoms with Crippen LogP contribution in [-0.4, -0.2) is 45.8 Å². The molecule has 30 heavy (non-hydrogen) atoms. The van der Waals surface area contributed by atoms with Gasteiger partial charge >= 0.3 is 0 Å². The van der Waals surface area contributed by atoms with Crippen molar-refractivity contribution in [1.82, 2.24) is 0 Å². The van der Waals surface area contributed by atoms with Crippen LogP contribution in [0.5, 0.6) is 23.0 Å². The average molecular weight is 414 g/mol. The van der Waals surface area contributed by atoms with Crippen molar-refractivity contribution >= 4 is 23.2 Å². The van der Waals surface area contributed by atoms with E-state index in [9.17, 15) is 9.59 Å². The average Bonchev–Trinajstić information content (AvgIpc) is 3.04. The summed E-state index contributed by atoms with van der Waals surface area (Å²) in [6.45, 7) is 2.64. The maximum absolute atomic E-state index is 12.9. The van der Waals surface area contributed by atoms with Crippen LogP contribution in [0.2, 0.25) is 0 Å². The molecule has 0 aromatic heterocycles. The number of hydrogen-bond acceptors (Lipinski definition) is 7. The highest BCUT2D eigenvalue weighted by Gasteiger charge is 2.39. The van der Waals surface area contributed by atoms with Crippen LogP contribution in [0.4, 0.5) is 11.4 Å². The van der Waals surface area contributed by atoms with Gasteiger partial charge in [0, 0.05) is 17.8 Å². The molecule has 0 radical (unpaired) electrons. The van der Waals surface area contributed by atoms with Crippen molar-refractivity contribution in [3.05, 3.63) is 36.4 Å². The molecular formula is C22H26N2O6. The smallest absolute Gasteiger partial charge is 0.256 e. The highest BCUT2D eigenvalue weighted by Crippen LogP contribution is 2.40. The van der Waals surface area contributed by atoms with Gasteiger partial charge in [-0.25, -0.2) is 4.90 Å². The molecule has 1 aliphatic rings. The Bertz CT molecular complexity index is 887. The standard InChI is InChI=1S/C22H26N2O6/c1-5-10-30-16-8-6-15(7-9-16)24-20(25)13-17(22(24)26)23-14-11-18(27-2)21(29-4)19(12-14)28-3/h6-9,11-12,17,23H,5,10,13H2,1-4H3/t17-/m0/s1. The minimum absolute atomic E-state index is 0.0452. The minimum atomic E-state index is -0.698. The van der Waals surface area contributed by atoms with Crippen LogP contribution >= 0.6 is 0 Å². The number of hydrogen-bond donors (Lipinski definition) is 1. The second kappa shape index (κ2) is 9.39. The number of methoxy groups -OCH3 is 3. The number of nitrogens with one attached hydrogen (secondary N) is 1. The van der Waals surface area contributed by atoms with Gasteiger partial charge in [-0.1, -0.05) is 6.92 Å². The normalized spacial score (nSPS) is 15.9. The van der Waals surface area contributed by atoms with E-state index in [0.717, 1.165) is 6.42 Å². The molecule has 1 heterocycles. The van der Waals surface area contributed by atoms with Gasteiger partial charge in [-0.05, 0) is 30.7 Å². The van der Waals surface area contributed by atoms with Gasteiger partial charge < -0.3 is 24.3 Å². The fraction of sp³-hybridized carbons (Fsp3) is 0.364.